The molecule has 102 valence electrons. The Morgan fingerprint density at radius 1 is 1.42 bits per heavy atom. The number of para-hydroxylation sites is 1. The average Bonchev–Trinajstić information content (AvgIpc) is 2.35. The van der Waals surface area contributed by atoms with Crippen LogP contribution in [0.1, 0.15) is 12.5 Å². The summed E-state index contributed by atoms with van der Waals surface area (Å²) < 4.78 is 22.6. The van der Waals surface area contributed by atoms with Crippen molar-refractivity contribution in [2.75, 3.05) is 18.1 Å². The molecule has 1 aromatic carbocycles. The van der Waals surface area contributed by atoms with Gasteiger partial charge in [0.2, 0.25) is 5.91 Å². The number of rotatable bonds is 3. The van der Waals surface area contributed by atoms with Gasteiger partial charge in [-0.3, -0.25) is 4.79 Å². The van der Waals surface area contributed by atoms with Crippen LogP contribution in [0.5, 0.6) is 0 Å². The molecule has 0 aliphatic heterocycles. The first-order valence-electron chi connectivity index (χ1n) is 5.64. The minimum atomic E-state index is -3.42. The highest BCUT2D eigenvalue weighted by Crippen LogP contribution is 2.14. The van der Waals surface area contributed by atoms with Crippen molar-refractivity contribution in [2.24, 2.45) is 5.73 Å². The molecule has 3 N–H and O–H groups in total. The highest BCUT2D eigenvalue weighted by Gasteiger charge is 2.23. The second-order valence-corrected chi connectivity index (χ2v) is 6.38. The van der Waals surface area contributed by atoms with Gasteiger partial charge in [-0.1, -0.05) is 24.0 Å². The van der Waals surface area contributed by atoms with E-state index in [-0.39, 0.29) is 6.54 Å². The lowest BCUT2D eigenvalue weighted by molar-refractivity contribution is -0.115. The van der Waals surface area contributed by atoms with Crippen molar-refractivity contribution in [1.29, 1.82) is 0 Å². The second kappa shape index (κ2) is 6.36. The van der Waals surface area contributed by atoms with Crippen LogP contribution < -0.4 is 11.1 Å². The molecule has 5 nitrogen and oxygen atoms in total. The summed E-state index contributed by atoms with van der Waals surface area (Å²) in [5.41, 5.74) is 6.37. The molecule has 0 aromatic heterocycles. The van der Waals surface area contributed by atoms with Crippen molar-refractivity contribution in [3.8, 4) is 11.8 Å². The summed E-state index contributed by atoms with van der Waals surface area (Å²) in [5.74, 6) is 4.92. The zero-order valence-electron chi connectivity index (χ0n) is 10.8. The molecule has 1 atom stereocenters. The smallest absolute Gasteiger partial charge is 0.242 e. The van der Waals surface area contributed by atoms with Crippen LogP contribution in [-0.4, -0.2) is 32.4 Å². The van der Waals surface area contributed by atoms with E-state index in [9.17, 15) is 13.2 Å². The molecule has 0 heterocycles. The molecule has 0 fully saturated rings. The van der Waals surface area contributed by atoms with Crippen LogP contribution in [0.2, 0.25) is 0 Å². The van der Waals surface area contributed by atoms with Crippen molar-refractivity contribution < 1.29 is 13.2 Å². The quantitative estimate of drug-likeness (QED) is 0.783. The molecule has 1 amide bonds. The SMILES string of the molecule is CC(C(=O)Nc1ccccc1C#CCN)S(C)(=O)=O. The minimum Gasteiger partial charge on any atom is -0.324 e. The molecule has 0 spiro atoms. The Hall–Kier alpha value is -1.84. The standard InChI is InChI=1S/C13H16N2O3S/c1-10(19(2,17)18)13(16)15-12-8-4-3-6-11(12)7-5-9-14/h3-4,6,8,10H,9,14H2,1-2H3,(H,15,16). The van der Waals surface area contributed by atoms with E-state index in [4.69, 9.17) is 5.73 Å². The Morgan fingerprint density at radius 2 is 2.05 bits per heavy atom. The first-order chi connectivity index (χ1) is 8.86. The summed E-state index contributed by atoms with van der Waals surface area (Å²) in [5, 5.41) is 1.46. The van der Waals surface area contributed by atoms with E-state index in [0.717, 1.165) is 6.26 Å². The summed E-state index contributed by atoms with van der Waals surface area (Å²) in [6.07, 6.45) is 1.03. The van der Waals surface area contributed by atoms with Gasteiger partial charge in [0.05, 0.1) is 12.2 Å². The third kappa shape index (κ3) is 4.39. The van der Waals surface area contributed by atoms with Crippen molar-refractivity contribution in [1.82, 2.24) is 0 Å². The van der Waals surface area contributed by atoms with E-state index >= 15 is 0 Å². The van der Waals surface area contributed by atoms with Crippen LogP contribution in [-0.2, 0) is 14.6 Å². The fourth-order valence-corrected chi connectivity index (χ4v) is 1.72. The Kier molecular flexibility index (Phi) is 5.10. The number of anilines is 1. The summed E-state index contributed by atoms with van der Waals surface area (Å²) in [6, 6.07) is 6.89. The first-order valence-corrected chi connectivity index (χ1v) is 7.59. The number of hydrogen-bond donors (Lipinski definition) is 2. The first kappa shape index (κ1) is 15.2. The van der Waals surface area contributed by atoms with Crippen LogP contribution in [0.3, 0.4) is 0 Å². The third-order valence-electron chi connectivity index (χ3n) is 2.52. The maximum Gasteiger partial charge on any atom is 0.242 e. The summed E-state index contributed by atoms with van der Waals surface area (Å²) in [4.78, 5) is 11.8. The lowest BCUT2D eigenvalue weighted by Gasteiger charge is -2.11. The highest BCUT2D eigenvalue weighted by atomic mass is 32.2. The van der Waals surface area contributed by atoms with Gasteiger partial charge >= 0.3 is 0 Å². The monoisotopic (exact) mass is 280 g/mol. The average molecular weight is 280 g/mol. The van der Waals surface area contributed by atoms with Gasteiger partial charge in [-0.05, 0) is 19.1 Å². The maximum atomic E-state index is 11.8. The number of nitrogens with two attached hydrogens (primary N) is 1. The molecule has 6 heteroatoms. The van der Waals surface area contributed by atoms with Gasteiger partial charge in [0, 0.05) is 11.8 Å². The van der Waals surface area contributed by atoms with E-state index in [1.807, 2.05) is 0 Å². The minimum absolute atomic E-state index is 0.210. The molecule has 0 aliphatic carbocycles. The van der Waals surface area contributed by atoms with Crippen LogP contribution in [0, 0.1) is 11.8 Å². The molecule has 0 bridgehead atoms. The van der Waals surface area contributed by atoms with Crippen LogP contribution in [0.25, 0.3) is 0 Å². The number of sulfone groups is 1. The van der Waals surface area contributed by atoms with Gasteiger partial charge in [-0.2, -0.15) is 0 Å². The summed E-state index contributed by atoms with van der Waals surface area (Å²) in [6.45, 7) is 1.56. The number of amides is 1. The number of hydrogen-bond acceptors (Lipinski definition) is 4. The number of benzene rings is 1. The third-order valence-corrected chi connectivity index (χ3v) is 4.02. The molecular weight excluding hydrogens is 264 g/mol. The summed E-state index contributed by atoms with van der Waals surface area (Å²) >= 11 is 0. The number of carbonyl (C=O) groups is 1. The zero-order valence-corrected chi connectivity index (χ0v) is 11.6. The Balaban J connectivity index is 2.97. The molecule has 0 aliphatic rings. The normalized spacial score (nSPS) is 12.2. The van der Waals surface area contributed by atoms with Gasteiger partial charge in [-0.25, -0.2) is 8.42 Å². The van der Waals surface area contributed by atoms with Crippen LogP contribution >= 0.6 is 0 Å². The maximum absolute atomic E-state index is 11.8. The molecular formula is C13H16N2O3S. The Labute approximate surface area is 113 Å². The van der Waals surface area contributed by atoms with Crippen LogP contribution in [0.15, 0.2) is 24.3 Å². The van der Waals surface area contributed by atoms with Crippen molar-refractivity contribution >= 4 is 21.4 Å². The van der Waals surface area contributed by atoms with Crippen molar-refractivity contribution in [3.05, 3.63) is 29.8 Å². The molecule has 0 saturated heterocycles. The molecule has 1 rings (SSSR count). The molecule has 1 unspecified atom stereocenters. The van der Waals surface area contributed by atoms with Gasteiger partial charge in [0.15, 0.2) is 9.84 Å². The van der Waals surface area contributed by atoms with Crippen LogP contribution in [0.4, 0.5) is 5.69 Å². The van der Waals surface area contributed by atoms with Gasteiger partial charge in [0.1, 0.15) is 5.25 Å². The van der Waals surface area contributed by atoms with E-state index in [1.54, 1.807) is 24.3 Å². The Morgan fingerprint density at radius 3 is 2.63 bits per heavy atom. The predicted molar refractivity (Wildman–Crippen MR) is 75.3 cm³/mol. The van der Waals surface area contributed by atoms with E-state index in [0.29, 0.717) is 11.3 Å². The van der Waals surface area contributed by atoms with Gasteiger partial charge in [-0.15, -0.1) is 0 Å². The fourth-order valence-electron chi connectivity index (χ4n) is 1.28. The van der Waals surface area contributed by atoms with E-state index in [2.05, 4.69) is 17.2 Å². The Bertz CT molecular complexity index is 627. The van der Waals surface area contributed by atoms with E-state index in [1.165, 1.54) is 6.92 Å². The fraction of sp³-hybridized carbons (Fsp3) is 0.308. The van der Waals surface area contributed by atoms with E-state index < -0.39 is 21.0 Å². The number of carbonyl (C=O) groups excluding carboxylic acids is 1. The van der Waals surface area contributed by atoms with Gasteiger partial charge in [0.25, 0.3) is 0 Å². The second-order valence-electron chi connectivity index (χ2n) is 4.01. The molecule has 19 heavy (non-hydrogen) atoms. The topological polar surface area (TPSA) is 89.3 Å². The molecule has 0 radical (unpaired) electrons. The molecule has 1 aromatic rings. The van der Waals surface area contributed by atoms with Crippen molar-refractivity contribution in [2.45, 2.75) is 12.2 Å². The zero-order chi connectivity index (χ0) is 14.5. The lowest BCUT2D eigenvalue weighted by Crippen LogP contribution is -2.32. The predicted octanol–water partition coefficient (Wildman–Crippen LogP) is 0.368. The summed E-state index contributed by atoms with van der Waals surface area (Å²) in [7, 11) is -3.42. The lowest BCUT2D eigenvalue weighted by atomic mass is 10.2. The highest BCUT2D eigenvalue weighted by molar-refractivity contribution is 7.92. The molecule has 0 saturated carbocycles. The number of nitrogens with one attached hydrogen (secondary N) is 1. The van der Waals surface area contributed by atoms with Gasteiger partial charge < -0.3 is 11.1 Å². The van der Waals surface area contributed by atoms with Crippen molar-refractivity contribution in [3.63, 3.8) is 0 Å². The largest absolute Gasteiger partial charge is 0.324 e.